The Labute approximate surface area is 125 Å². The van der Waals surface area contributed by atoms with Crippen molar-refractivity contribution in [1.82, 2.24) is 25.8 Å². The SMILES string of the molecule is CC(C)NC(=O)NC(=O)CN1CCNCC1C(=O)N(C)C. The first kappa shape index (κ1) is 17.4. The molecule has 1 atom stereocenters. The number of amides is 4. The van der Waals surface area contributed by atoms with Gasteiger partial charge in [-0.25, -0.2) is 4.79 Å². The molecule has 1 saturated heterocycles. The van der Waals surface area contributed by atoms with Gasteiger partial charge in [0, 0.05) is 39.8 Å². The summed E-state index contributed by atoms with van der Waals surface area (Å²) in [6.07, 6.45) is 0. The van der Waals surface area contributed by atoms with Crippen LogP contribution in [0.4, 0.5) is 4.79 Å². The Morgan fingerprint density at radius 3 is 2.57 bits per heavy atom. The second-order valence-corrected chi connectivity index (χ2v) is 5.60. The molecular formula is C13H25N5O3. The molecule has 1 heterocycles. The smallest absolute Gasteiger partial charge is 0.321 e. The molecule has 3 N–H and O–H groups in total. The van der Waals surface area contributed by atoms with Crippen molar-refractivity contribution in [1.29, 1.82) is 0 Å². The van der Waals surface area contributed by atoms with Gasteiger partial charge in [-0.2, -0.15) is 0 Å². The second kappa shape index (κ2) is 7.94. The van der Waals surface area contributed by atoms with Gasteiger partial charge in [-0.15, -0.1) is 0 Å². The van der Waals surface area contributed by atoms with E-state index in [-0.39, 0.29) is 24.5 Å². The Bertz CT molecular complexity index is 397. The minimum atomic E-state index is -0.513. The molecule has 0 saturated carbocycles. The highest BCUT2D eigenvalue weighted by Gasteiger charge is 2.31. The van der Waals surface area contributed by atoms with Crippen LogP contribution in [-0.2, 0) is 9.59 Å². The van der Waals surface area contributed by atoms with Crippen molar-refractivity contribution < 1.29 is 14.4 Å². The number of urea groups is 1. The summed E-state index contributed by atoms with van der Waals surface area (Å²) >= 11 is 0. The van der Waals surface area contributed by atoms with Crippen LogP contribution in [0.2, 0.25) is 0 Å². The molecule has 0 aromatic heterocycles. The van der Waals surface area contributed by atoms with E-state index in [1.165, 1.54) is 4.90 Å². The first-order chi connectivity index (χ1) is 9.81. The van der Waals surface area contributed by atoms with E-state index in [2.05, 4.69) is 16.0 Å². The summed E-state index contributed by atoms with van der Waals surface area (Å²) in [7, 11) is 3.37. The molecule has 21 heavy (non-hydrogen) atoms. The highest BCUT2D eigenvalue weighted by Crippen LogP contribution is 2.05. The summed E-state index contributed by atoms with van der Waals surface area (Å²) in [6, 6.07) is -0.937. The Kier molecular flexibility index (Phi) is 6.57. The maximum atomic E-state index is 12.1. The summed E-state index contributed by atoms with van der Waals surface area (Å²) in [4.78, 5) is 38.7. The third kappa shape index (κ3) is 5.68. The van der Waals surface area contributed by atoms with Gasteiger partial charge >= 0.3 is 6.03 Å². The van der Waals surface area contributed by atoms with E-state index in [1.807, 2.05) is 13.8 Å². The van der Waals surface area contributed by atoms with Crippen LogP contribution in [0.1, 0.15) is 13.8 Å². The fraction of sp³-hybridized carbons (Fsp3) is 0.769. The molecule has 8 nitrogen and oxygen atoms in total. The molecule has 1 fully saturated rings. The summed E-state index contributed by atoms with van der Waals surface area (Å²) in [6.45, 7) is 5.45. The van der Waals surface area contributed by atoms with E-state index in [9.17, 15) is 14.4 Å². The molecule has 0 bridgehead atoms. The van der Waals surface area contributed by atoms with Crippen molar-refractivity contribution >= 4 is 17.8 Å². The van der Waals surface area contributed by atoms with Crippen molar-refractivity contribution in [2.75, 3.05) is 40.3 Å². The number of nitrogens with zero attached hydrogens (tertiary/aromatic N) is 2. The summed E-state index contributed by atoms with van der Waals surface area (Å²) in [5, 5.41) is 8.00. The predicted molar refractivity (Wildman–Crippen MR) is 78.7 cm³/mol. The van der Waals surface area contributed by atoms with Crippen molar-refractivity contribution in [2.45, 2.75) is 25.9 Å². The number of hydrogen-bond donors (Lipinski definition) is 3. The van der Waals surface area contributed by atoms with E-state index < -0.39 is 11.9 Å². The fourth-order valence-corrected chi connectivity index (χ4v) is 2.13. The second-order valence-electron chi connectivity index (χ2n) is 5.60. The van der Waals surface area contributed by atoms with Gasteiger partial charge in [0.2, 0.25) is 11.8 Å². The van der Waals surface area contributed by atoms with Crippen LogP contribution in [0.25, 0.3) is 0 Å². The summed E-state index contributed by atoms with van der Waals surface area (Å²) in [5.74, 6) is -0.465. The zero-order valence-corrected chi connectivity index (χ0v) is 13.1. The molecule has 8 heteroatoms. The van der Waals surface area contributed by atoms with Crippen LogP contribution in [0.5, 0.6) is 0 Å². The zero-order chi connectivity index (χ0) is 16.0. The Balaban J connectivity index is 2.55. The van der Waals surface area contributed by atoms with Gasteiger partial charge in [0.05, 0.1) is 6.54 Å². The number of likely N-dealkylation sites (N-methyl/N-ethyl adjacent to an activating group) is 1. The van der Waals surface area contributed by atoms with Crippen LogP contribution in [-0.4, -0.2) is 80.0 Å². The third-order valence-corrected chi connectivity index (χ3v) is 3.10. The predicted octanol–water partition coefficient (Wildman–Crippen LogP) is -1.42. The van der Waals surface area contributed by atoms with Gasteiger partial charge in [-0.3, -0.25) is 19.8 Å². The number of carbonyl (C=O) groups is 3. The largest absolute Gasteiger partial charge is 0.347 e. The Hall–Kier alpha value is -1.67. The summed E-state index contributed by atoms with van der Waals surface area (Å²) in [5.41, 5.74) is 0. The van der Waals surface area contributed by atoms with Gasteiger partial charge in [-0.05, 0) is 13.8 Å². The van der Waals surface area contributed by atoms with Crippen LogP contribution in [0.3, 0.4) is 0 Å². The highest BCUT2D eigenvalue weighted by atomic mass is 16.2. The molecule has 0 radical (unpaired) electrons. The monoisotopic (exact) mass is 299 g/mol. The van der Waals surface area contributed by atoms with Gasteiger partial charge in [0.1, 0.15) is 6.04 Å². The van der Waals surface area contributed by atoms with Gasteiger partial charge < -0.3 is 15.5 Å². The van der Waals surface area contributed by atoms with E-state index in [0.717, 1.165) is 0 Å². The molecule has 120 valence electrons. The maximum Gasteiger partial charge on any atom is 0.321 e. The van der Waals surface area contributed by atoms with E-state index in [4.69, 9.17) is 0 Å². The minimum absolute atomic E-state index is 0.0252. The number of carbonyl (C=O) groups excluding carboxylic acids is 3. The quantitative estimate of drug-likeness (QED) is 0.592. The Morgan fingerprint density at radius 2 is 2.00 bits per heavy atom. The standard InChI is InChI=1S/C13H25N5O3/c1-9(2)15-13(21)16-11(19)8-18-6-5-14-7-10(18)12(20)17(3)4/h9-10,14H,5-8H2,1-4H3,(H2,15,16,19,21). The van der Waals surface area contributed by atoms with Crippen LogP contribution in [0.15, 0.2) is 0 Å². The number of piperazine rings is 1. The molecular weight excluding hydrogens is 274 g/mol. The normalized spacial score (nSPS) is 19.2. The lowest BCUT2D eigenvalue weighted by Gasteiger charge is -2.35. The zero-order valence-electron chi connectivity index (χ0n) is 13.1. The maximum absolute atomic E-state index is 12.1. The van der Waals surface area contributed by atoms with Crippen molar-refractivity contribution in [3.8, 4) is 0 Å². The summed E-state index contributed by atoms with van der Waals surface area (Å²) < 4.78 is 0. The lowest BCUT2D eigenvalue weighted by atomic mass is 10.1. The van der Waals surface area contributed by atoms with Gasteiger partial charge in [0.15, 0.2) is 0 Å². The highest BCUT2D eigenvalue weighted by molar-refractivity contribution is 5.95. The number of rotatable bonds is 4. The van der Waals surface area contributed by atoms with Crippen LogP contribution in [0, 0.1) is 0 Å². The fourth-order valence-electron chi connectivity index (χ4n) is 2.13. The average molecular weight is 299 g/mol. The molecule has 0 aromatic rings. The van der Waals surface area contributed by atoms with Crippen molar-refractivity contribution in [3.05, 3.63) is 0 Å². The van der Waals surface area contributed by atoms with E-state index >= 15 is 0 Å². The molecule has 0 aromatic carbocycles. The molecule has 4 amide bonds. The van der Waals surface area contributed by atoms with Crippen molar-refractivity contribution in [2.24, 2.45) is 0 Å². The van der Waals surface area contributed by atoms with Gasteiger partial charge in [0.25, 0.3) is 0 Å². The molecule has 1 unspecified atom stereocenters. The number of hydrogen-bond acceptors (Lipinski definition) is 5. The van der Waals surface area contributed by atoms with E-state index in [0.29, 0.717) is 19.6 Å². The minimum Gasteiger partial charge on any atom is -0.347 e. The number of nitrogens with one attached hydrogen (secondary N) is 3. The van der Waals surface area contributed by atoms with Crippen LogP contribution >= 0.6 is 0 Å². The molecule has 1 aliphatic rings. The topological polar surface area (TPSA) is 93.8 Å². The molecule has 0 spiro atoms. The first-order valence-corrected chi connectivity index (χ1v) is 7.07. The third-order valence-electron chi connectivity index (χ3n) is 3.10. The molecule has 0 aliphatic carbocycles. The van der Waals surface area contributed by atoms with Crippen molar-refractivity contribution in [3.63, 3.8) is 0 Å². The number of imide groups is 1. The average Bonchev–Trinajstić information content (AvgIpc) is 2.37. The molecule has 1 aliphatic heterocycles. The Morgan fingerprint density at radius 1 is 1.33 bits per heavy atom. The van der Waals surface area contributed by atoms with Crippen LogP contribution < -0.4 is 16.0 Å². The lowest BCUT2D eigenvalue weighted by molar-refractivity contribution is -0.136. The van der Waals surface area contributed by atoms with E-state index in [1.54, 1.807) is 19.0 Å². The molecule has 1 rings (SSSR count). The lowest BCUT2D eigenvalue weighted by Crippen LogP contribution is -2.59. The van der Waals surface area contributed by atoms with Gasteiger partial charge in [-0.1, -0.05) is 0 Å². The first-order valence-electron chi connectivity index (χ1n) is 7.07.